The lowest BCUT2D eigenvalue weighted by molar-refractivity contribution is 0.118. The second-order valence-corrected chi connectivity index (χ2v) is 2.84. The first-order valence-corrected chi connectivity index (χ1v) is 4.65. The number of rotatable bonds is 3. The van der Waals surface area contributed by atoms with Crippen LogP contribution >= 0.6 is 0 Å². The van der Waals surface area contributed by atoms with Gasteiger partial charge in [0.05, 0.1) is 5.56 Å². The molecule has 1 N–H and O–H groups in total. The van der Waals surface area contributed by atoms with Crippen molar-refractivity contribution in [2.24, 2.45) is 0 Å². The molecule has 80 valence electrons. The molecule has 1 rings (SSSR count). The summed E-state index contributed by atoms with van der Waals surface area (Å²) < 4.78 is 4.90. The molecule has 0 aliphatic carbocycles. The fourth-order valence-corrected chi connectivity index (χ4v) is 1.06. The van der Waals surface area contributed by atoms with Gasteiger partial charge in [0.2, 0.25) is 5.39 Å². The average molecular weight is 215 g/mol. The number of benzene rings is 1. The molecule has 0 saturated heterocycles. The van der Waals surface area contributed by atoms with Gasteiger partial charge in [0.1, 0.15) is 0 Å². The van der Waals surface area contributed by atoms with Crippen molar-refractivity contribution < 1.29 is 9.84 Å². The van der Waals surface area contributed by atoms with E-state index in [1.165, 1.54) is 0 Å². The molecule has 0 aliphatic heterocycles. The molecule has 0 amide bonds. The largest absolute Gasteiger partial charge is 0.475 e. The minimum absolute atomic E-state index is 0.0153. The number of ether oxygens (including phenoxy) is 1. The van der Waals surface area contributed by atoms with Gasteiger partial charge in [0.25, 0.3) is 0 Å². The number of aliphatic hydroxyl groups is 1. The van der Waals surface area contributed by atoms with Crippen molar-refractivity contribution in [1.29, 1.82) is 5.39 Å². The third-order valence-corrected chi connectivity index (χ3v) is 1.81. The first-order valence-electron chi connectivity index (χ1n) is 4.65. The van der Waals surface area contributed by atoms with Crippen LogP contribution in [-0.4, -0.2) is 11.7 Å². The fourth-order valence-electron chi connectivity index (χ4n) is 1.06. The highest BCUT2D eigenvalue weighted by Gasteiger charge is 2.22. The molecule has 0 aromatic heterocycles. The maximum atomic E-state index is 9.52. The standard InChI is InChI=1S/C12H10N2O2/c1-2-3-9-16-12(15)11(14-13)10-7-5-4-6-8-10/h4-8H,9H2,1H3/p+1/b12-11-. The molecular weight excluding hydrogens is 204 g/mol. The average Bonchev–Trinajstić information content (AvgIpc) is 2.32. The van der Waals surface area contributed by atoms with Gasteiger partial charge in [-0.25, -0.2) is 0 Å². The van der Waals surface area contributed by atoms with E-state index < -0.39 is 5.95 Å². The van der Waals surface area contributed by atoms with E-state index in [0.717, 1.165) is 0 Å². The zero-order chi connectivity index (χ0) is 11.8. The maximum absolute atomic E-state index is 9.52. The van der Waals surface area contributed by atoms with Crippen molar-refractivity contribution in [2.75, 3.05) is 6.61 Å². The number of hydrogen-bond donors (Lipinski definition) is 1. The summed E-state index contributed by atoms with van der Waals surface area (Å²) in [4.78, 5) is 2.99. The predicted octanol–water partition coefficient (Wildman–Crippen LogP) is 2.76. The van der Waals surface area contributed by atoms with Gasteiger partial charge in [-0.2, -0.15) is 0 Å². The van der Waals surface area contributed by atoms with E-state index in [-0.39, 0.29) is 12.3 Å². The van der Waals surface area contributed by atoms with Gasteiger partial charge in [-0.3, -0.25) is 0 Å². The summed E-state index contributed by atoms with van der Waals surface area (Å²) in [6, 6.07) is 8.73. The Balaban J connectivity index is 2.92. The van der Waals surface area contributed by atoms with Crippen LogP contribution < -0.4 is 0 Å². The van der Waals surface area contributed by atoms with Crippen molar-refractivity contribution in [3.63, 3.8) is 0 Å². The normalized spacial score (nSPS) is 10.5. The summed E-state index contributed by atoms with van der Waals surface area (Å²) in [6.45, 7) is 1.72. The molecule has 0 fully saturated rings. The van der Waals surface area contributed by atoms with Gasteiger partial charge >= 0.3 is 11.6 Å². The molecule has 0 unspecified atom stereocenters. The third kappa shape index (κ3) is 3.04. The predicted molar refractivity (Wildman–Crippen MR) is 60.5 cm³/mol. The van der Waals surface area contributed by atoms with Gasteiger partial charge in [0.15, 0.2) is 11.6 Å². The second kappa shape index (κ2) is 6.10. The minimum atomic E-state index is -0.448. The summed E-state index contributed by atoms with van der Waals surface area (Å²) >= 11 is 0. The summed E-state index contributed by atoms with van der Waals surface area (Å²) in [5.41, 5.74) is 0.547. The van der Waals surface area contributed by atoms with Crippen LogP contribution in [0.4, 0.5) is 0 Å². The topological polar surface area (TPSA) is 57.6 Å². The molecule has 0 heterocycles. The Morgan fingerprint density at radius 3 is 2.69 bits per heavy atom. The van der Waals surface area contributed by atoms with Crippen LogP contribution in [-0.2, 0) is 4.74 Å². The Hall–Kier alpha value is -2.46. The highest BCUT2D eigenvalue weighted by atomic mass is 16.6. The molecular formula is C12H11N2O2+. The van der Waals surface area contributed by atoms with E-state index >= 15 is 0 Å². The third-order valence-electron chi connectivity index (χ3n) is 1.81. The second-order valence-electron chi connectivity index (χ2n) is 2.84. The number of nitrogens with zero attached hydrogens (tertiary/aromatic N) is 2. The van der Waals surface area contributed by atoms with E-state index in [0.29, 0.717) is 5.56 Å². The van der Waals surface area contributed by atoms with Crippen molar-refractivity contribution in [3.8, 4) is 11.8 Å². The van der Waals surface area contributed by atoms with Gasteiger partial charge < -0.3 is 9.84 Å². The lowest BCUT2D eigenvalue weighted by atomic mass is 10.2. The van der Waals surface area contributed by atoms with Crippen LogP contribution in [0.2, 0.25) is 0 Å². The van der Waals surface area contributed by atoms with E-state index in [1.54, 1.807) is 31.2 Å². The SMILES string of the molecule is CC#CCO/C(O)=C(\[N+]#N)c1ccccc1. The molecule has 1 aromatic carbocycles. The number of diazo groups is 1. The van der Waals surface area contributed by atoms with Gasteiger partial charge in [-0.1, -0.05) is 24.1 Å². The van der Waals surface area contributed by atoms with Crippen LogP contribution in [0.3, 0.4) is 0 Å². The summed E-state index contributed by atoms with van der Waals surface area (Å²) in [5, 5.41) is 18.3. The molecule has 0 spiro atoms. The molecule has 4 heteroatoms. The molecule has 0 atom stereocenters. The summed E-state index contributed by atoms with van der Waals surface area (Å²) in [7, 11) is 0. The molecule has 1 aromatic rings. The zero-order valence-electron chi connectivity index (χ0n) is 8.84. The van der Waals surface area contributed by atoms with Crippen molar-refractivity contribution in [3.05, 3.63) is 46.8 Å². The van der Waals surface area contributed by atoms with E-state index in [2.05, 4.69) is 16.8 Å². The highest BCUT2D eigenvalue weighted by molar-refractivity contribution is 5.70. The van der Waals surface area contributed by atoms with Crippen LogP contribution in [0.1, 0.15) is 12.5 Å². The number of aliphatic hydroxyl groups excluding tert-OH is 1. The molecule has 4 nitrogen and oxygen atoms in total. The van der Waals surface area contributed by atoms with Crippen LogP contribution in [0.25, 0.3) is 10.7 Å². The van der Waals surface area contributed by atoms with Crippen LogP contribution in [0, 0.1) is 17.2 Å². The maximum Gasteiger partial charge on any atom is 0.471 e. The van der Waals surface area contributed by atoms with Crippen molar-refractivity contribution in [1.82, 2.24) is 0 Å². The monoisotopic (exact) mass is 215 g/mol. The zero-order valence-corrected chi connectivity index (χ0v) is 8.84. The first kappa shape index (κ1) is 11.6. The Labute approximate surface area is 93.8 Å². The lowest BCUT2D eigenvalue weighted by Gasteiger charge is -1.96. The first-order chi connectivity index (χ1) is 7.79. The summed E-state index contributed by atoms with van der Waals surface area (Å²) in [5.74, 6) is 4.79. The lowest BCUT2D eigenvalue weighted by Crippen LogP contribution is -1.95. The Morgan fingerprint density at radius 1 is 1.44 bits per heavy atom. The van der Waals surface area contributed by atoms with E-state index in [9.17, 15) is 5.11 Å². The fraction of sp³-hybridized carbons (Fsp3) is 0.167. The Bertz CT molecular complexity index is 475. The van der Waals surface area contributed by atoms with E-state index in [4.69, 9.17) is 10.1 Å². The molecule has 0 radical (unpaired) electrons. The van der Waals surface area contributed by atoms with Crippen LogP contribution in [0.5, 0.6) is 0 Å². The molecule has 0 saturated carbocycles. The Kier molecular flexibility index (Phi) is 4.43. The smallest absolute Gasteiger partial charge is 0.471 e. The van der Waals surface area contributed by atoms with Gasteiger partial charge in [0, 0.05) is 0 Å². The highest BCUT2D eigenvalue weighted by Crippen LogP contribution is 2.19. The Morgan fingerprint density at radius 2 is 2.12 bits per heavy atom. The molecule has 0 bridgehead atoms. The number of hydrogen-bond acceptors (Lipinski definition) is 3. The quantitative estimate of drug-likeness (QED) is 0.479. The minimum Gasteiger partial charge on any atom is -0.475 e. The molecule has 0 aliphatic rings. The van der Waals surface area contributed by atoms with E-state index in [1.807, 2.05) is 6.07 Å². The van der Waals surface area contributed by atoms with Crippen LogP contribution in [0.15, 0.2) is 36.3 Å². The molecule has 16 heavy (non-hydrogen) atoms. The van der Waals surface area contributed by atoms with Gasteiger partial charge in [-0.15, -0.1) is 5.92 Å². The van der Waals surface area contributed by atoms with Crippen molar-refractivity contribution in [2.45, 2.75) is 6.92 Å². The summed E-state index contributed by atoms with van der Waals surface area (Å²) in [6.07, 6.45) is 0. The van der Waals surface area contributed by atoms with Gasteiger partial charge in [-0.05, 0) is 19.1 Å². The van der Waals surface area contributed by atoms with Crippen molar-refractivity contribution >= 4 is 5.70 Å².